The van der Waals surface area contributed by atoms with E-state index < -0.39 is 11.6 Å². The minimum atomic E-state index is -0.948. The molecule has 21 heavy (non-hydrogen) atoms. The second-order valence-electron chi connectivity index (χ2n) is 4.53. The lowest BCUT2D eigenvalue weighted by molar-refractivity contribution is 0.407. The van der Waals surface area contributed by atoms with Gasteiger partial charge >= 0.3 is 0 Å². The maximum Gasteiger partial charge on any atom is 0.160 e. The van der Waals surface area contributed by atoms with Gasteiger partial charge in [-0.15, -0.1) is 11.3 Å². The van der Waals surface area contributed by atoms with Gasteiger partial charge in [-0.25, -0.2) is 8.78 Å². The standard InChI is InChI=1S/C15H16ClF2NOS/c1-3-5-19-14(15-13(20-2)4-6-21-15)9-7-11(17)12(18)8-10(9)16/h4,6-8,14,19H,3,5H2,1-2H3. The number of halogens is 3. The Hall–Kier alpha value is -1.17. The molecular weight excluding hydrogens is 316 g/mol. The highest BCUT2D eigenvalue weighted by Crippen LogP contribution is 2.38. The van der Waals surface area contributed by atoms with Gasteiger partial charge in [-0.3, -0.25) is 0 Å². The SMILES string of the molecule is CCCNC(c1cc(F)c(F)cc1Cl)c1sccc1OC. The van der Waals surface area contributed by atoms with Crippen LogP contribution in [0.25, 0.3) is 0 Å². The van der Waals surface area contributed by atoms with Gasteiger partial charge in [0.2, 0.25) is 0 Å². The summed E-state index contributed by atoms with van der Waals surface area (Å²) in [5.74, 6) is -1.15. The van der Waals surface area contributed by atoms with E-state index in [1.165, 1.54) is 11.3 Å². The number of nitrogens with one attached hydrogen (secondary N) is 1. The quantitative estimate of drug-likeness (QED) is 0.769. The number of hydrogen-bond acceptors (Lipinski definition) is 3. The molecule has 0 radical (unpaired) electrons. The van der Waals surface area contributed by atoms with Crippen molar-refractivity contribution in [1.82, 2.24) is 5.32 Å². The normalized spacial score (nSPS) is 12.4. The first-order valence-electron chi connectivity index (χ1n) is 6.57. The van der Waals surface area contributed by atoms with Gasteiger partial charge in [0.15, 0.2) is 11.6 Å². The lowest BCUT2D eigenvalue weighted by Gasteiger charge is -2.20. The van der Waals surface area contributed by atoms with Gasteiger partial charge in [0, 0.05) is 5.02 Å². The van der Waals surface area contributed by atoms with Crippen LogP contribution in [0.5, 0.6) is 5.75 Å². The van der Waals surface area contributed by atoms with Gasteiger partial charge < -0.3 is 10.1 Å². The molecule has 1 N–H and O–H groups in total. The van der Waals surface area contributed by atoms with Gasteiger partial charge in [-0.05, 0) is 42.1 Å². The zero-order valence-electron chi connectivity index (χ0n) is 11.8. The van der Waals surface area contributed by atoms with Gasteiger partial charge in [-0.1, -0.05) is 18.5 Å². The Kier molecular flexibility index (Phi) is 5.56. The number of thiophene rings is 1. The van der Waals surface area contributed by atoms with E-state index in [2.05, 4.69) is 5.32 Å². The first kappa shape index (κ1) is 16.2. The summed E-state index contributed by atoms with van der Waals surface area (Å²) >= 11 is 7.59. The van der Waals surface area contributed by atoms with Crippen molar-refractivity contribution >= 4 is 22.9 Å². The highest BCUT2D eigenvalue weighted by atomic mass is 35.5. The molecule has 2 rings (SSSR count). The molecule has 0 aliphatic rings. The van der Waals surface area contributed by atoms with Crippen molar-refractivity contribution < 1.29 is 13.5 Å². The molecule has 0 spiro atoms. The molecule has 1 heterocycles. The van der Waals surface area contributed by atoms with E-state index in [1.54, 1.807) is 7.11 Å². The molecule has 114 valence electrons. The summed E-state index contributed by atoms with van der Waals surface area (Å²) in [4.78, 5) is 0.888. The van der Waals surface area contributed by atoms with Crippen molar-refractivity contribution in [2.24, 2.45) is 0 Å². The first-order valence-corrected chi connectivity index (χ1v) is 7.83. The number of benzene rings is 1. The van der Waals surface area contributed by atoms with Gasteiger partial charge in [0.05, 0.1) is 18.0 Å². The van der Waals surface area contributed by atoms with E-state index >= 15 is 0 Å². The highest BCUT2D eigenvalue weighted by molar-refractivity contribution is 7.10. The minimum Gasteiger partial charge on any atom is -0.496 e. The fraction of sp³-hybridized carbons (Fsp3) is 0.333. The van der Waals surface area contributed by atoms with Crippen LogP contribution in [0, 0.1) is 11.6 Å². The second kappa shape index (κ2) is 7.20. The third kappa shape index (κ3) is 3.54. The molecule has 0 saturated heterocycles. The predicted molar refractivity (Wildman–Crippen MR) is 82.4 cm³/mol. The maximum atomic E-state index is 13.6. The van der Waals surface area contributed by atoms with Crippen LogP contribution in [0.3, 0.4) is 0 Å². The summed E-state index contributed by atoms with van der Waals surface area (Å²) in [6.45, 7) is 2.75. The summed E-state index contributed by atoms with van der Waals surface area (Å²) in [5, 5.41) is 5.39. The Bertz CT molecular complexity index is 618. The van der Waals surface area contributed by atoms with Gasteiger partial charge in [0.1, 0.15) is 5.75 Å². The van der Waals surface area contributed by atoms with Crippen molar-refractivity contribution in [3.63, 3.8) is 0 Å². The molecular formula is C15H16ClF2NOS. The van der Waals surface area contributed by atoms with Crippen LogP contribution in [-0.2, 0) is 0 Å². The fourth-order valence-electron chi connectivity index (χ4n) is 2.08. The molecule has 0 aliphatic heterocycles. The second-order valence-corrected chi connectivity index (χ2v) is 5.88. The van der Waals surface area contributed by atoms with Crippen LogP contribution in [0.2, 0.25) is 5.02 Å². The van der Waals surface area contributed by atoms with Crippen molar-refractivity contribution in [3.8, 4) is 5.75 Å². The lowest BCUT2D eigenvalue weighted by atomic mass is 10.0. The maximum absolute atomic E-state index is 13.6. The molecule has 0 fully saturated rings. The zero-order valence-corrected chi connectivity index (χ0v) is 13.3. The van der Waals surface area contributed by atoms with Crippen molar-refractivity contribution in [3.05, 3.63) is 50.7 Å². The molecule has 1 unspecified atom stereocenters. The largest absolute Gasteiger partial charge is 0.496 e. The molecule has 1 atom stereocenters. The number of methoxy groups -OCH3 is 1. The predicted octanol–water partition coefficient (Wildman–Crippen LogP) is 4.78. The smallest absolute Gasteiger partial charge is 0.160 e. The van der Waals surface area contributed by atoms with Crippen LogP contribution in [0.1, 0.15) is 29.8 Å². The number of rotatable bonds is 6. The summed E-state index contributed by atoms with van der Waals surface area (Å²) in [7, 11) is 1.58. The molecule has 0 amide bonds. The molecule has 1 aromatic heterocycles. The molecule has 0 saturated carbocycles. The molecule has 0 bridgehead atoms. The van der Waals surface area contributed by atoms with Crippen LogP contribution in [0.15, 0.2) is 23.6 Å². The molecule has 2 aromatic rings. The third-order valence-electron chi connectivity index (χ3n) is 3.09. The van der Waals surface area contributed by atoms with Gasteiger partial charge in [0.25, 0.3) is 0 Å². The van der Waals surface area contributed by atoms with Crippen molar-refractivity contribution in [2.45, 2.75) is 19.4 Å². The Labute approximate surface area is 131 Å². The van der Waals surface area contributed by atoms with E-state index in [0.717, 1.165) is 30.0 Å². The minimum absolute atomic E-state index is 0.193. The molecule has 1 aromatic carbocycles. The first-order chi connectivity index (χ1) is 10.1. The summed E-state index contributed by atoms with van der Waals surface area (Å²) in [6.07, 6.45) is 0.908. The monoisotopic (exact) mass is 331 g/mol. The third-order valence-corrected chi connectivity index (χ3v) is 4.38. The molecule has 6 heteroatoms. The average molecular weight is 332 g/mol. The van der Waals surface area contributed by atoms with Crippen LogP contribution >= 0.6 is 22.9 Å². The average Bonchev–Trinajstić information content (AvgIpc) is 2.93. The summed E-state index contributed by atoms with van der Waals surface area (Å²) in [6, 6.07) is 3.66. The molecule has 2 nitrogen and oxygen atoms in total. The highest BCUT2D eigenvalue weighted by Gasteiger charge is 2.23. The topological polar surface area (TPSA) is 21.3 Å². The summed E-state index contributed by atoms with van der Waals surface area (Å²) < 4.78 is 32.2. The van der Waals surface area contributed by atoms with E-state index in [-0.39, 0.29) is 11.1 Å². The Balaban J connectivity index is 2.48. The van der Waals surface area contributed by atoms with Crippen LogP contribution < -0.4 is 10.1 Å². The fourth-order valence-corrected chi connectivity index (χ4v) is 3.29. The van der Waals surface area contributed by atoms with Gasteiger partial charge in [-0.2, -0.15) is 0 Å². The number of hydrogen-bond donors (Lipinski definition) is 1. The van der Waals surface area contributed by atoms with E-state index in [0.29, 0.717) is 11.3 Å². The summed E-state index contributed by atoms with van der Waals surface area (Å²) in [5.41, 5.74) is 0.504. The number of ether oxygens (including phenoxy) is 1. The van der Waals surface area contributed by atoms with Crippen molar-refractivity contribution in [2.75, 3.05) is 13.7 Å². The molecule has 0 aliphatic carbocycles. The van der Waals surface area contributed by atoms with E-state index in [9.17, 15) is 8.78 Å². The van der Waals surface area contributed by atoms with E-state index in [1.807, 2.05) is 18.4 Å². The van der Waals surface area contributed by atoms with Crippen LogP contribution in [0.4, 0.5) is 8.78 Å². The Morgan fingerprint density at radius 2 is 2.05 bits per heavy atom. The zero-order chi connectivity index (χ0) is 15.4. The Morgan fingerprint density at radius 1 is 1.33 bits per heavy atom. The Morgan fingerprint density at radius 3 is 2.71 bits per heavy atom. The van der Waals surface area contributed by atoms with Crippen molar-refractivity contribution in [1.29, 1.82) is 0 Å². The van der Waals surface area contributed by atoms with E-state index in [4.69, 9.17) is 16.3 Å². The lowest BCUT2D eigenvalue weighted by Crippen LogP contribution is -2.23. The van der Waals surface area contributed by atoms with Crippen LogP contribution in [-0.4, -0.2) is 13.7 Å².